The number of rotatable bonds is 4. The van der Waals surface area contributed by atoms with Gasteiger partial charge in [-0.15, -0.1) is 0 Å². The van der Waals surface area contributed by atoms with Crippen molar-refractivity contribution in [3.8, 4) is 0 Å². The van der Waals surface area contributed by atoms with Gasteiger partial charge in [-0.2, -0.15) is 0 Å². The fourth-order valence-corrected chi connectivity index (χ4v) is 1.85. The summed E-state index contributed by atoms with van der Waals surface area (Å²) in [6.07, 6.45) is 2.52. The minimum absolute atomic E-state index is 0.0679. The van der Waals surface area contributed by atoms with E-state index < -0.39 is 0 Å². The van der Waals surface area contributed by atoms with Crippen LogP contribution in [0.5, 0.6) is 0 Å². The molecule has 0 aliphatic carbocycles. The van der Waals surface area contributed by atoms with Crippen molar-refractivity contribution >= 4 is 16.8 Å². The number of carbonyl (C=O) groups is 1. The maximum atomic E-state index is 12.0. The summed E-state index contributed by atoms with van der Waals surface area (Å²) in [6.45, 7) is 2.52. The molecule has 0 spiro atoms. The van der Waals surface area contributed by atoms with Crippen LogP contribution >= 0.6 is 0 Å². The molecule has 1 unspecified atom stereocenters. The van der Waals surface area contributed by atoms with Gasteiger partial charge in [-0.1, -0.05) is 6.07 Å². The van der Waals surface area contributed by atoms with Gasteiger partial charge in [-0.05, 0) is 44.2 Å². The van der Waals surface area contributed by atoms with Gasteiger partial charge >= 0.3 is 0 Å². The molecule has 2 rings (SSSR count). The quantitative estimate of drug-likeness (QED) is 0.858. The normalized spacial score (nSPS) is 12.3. The van der Waals surface area contributed by atoms with Gasteiger partial charge in [0, 0.05) is 23.2 Å². The summed E-state index contributed by atoms with van der Waals surface area (Å²) in [6, 6.07) is 9.40. The van der Waals surface area contributed by atoms with Crippen molar-refractivity contribution < 1.29 is 4.79 Å². The predicted molar refractivity (Wildman–Crippen MR) is 72.3 cm³/mol. The fraction of sp³-hybridized carbons (Fsp3) is 0.286. The molecule has 94 valence electrons. The number of nitrogens with zero attached hydrogens (tertiary/aromatic N) is 1. The number of carbonyl (C=O) groups excluding carboxylic acids is 1. The summed E-state index contributed by atoms with van der Waals surface area (Å²) in [7, 11) is 0. The van der Waals surface area contributed by atoms with E-state index in [0.717, 1.165) is 17.3 Å². The van der Waals surface area contributed by atoms with Gasteiger partial charge in [0.05, 0.1) is 5.52 Å². The van der Waals surface area contributed by atoms with Crippen molar-refractivity contribution in [3.05, 3.63) is 42.1 Å². The van der Waals surface area contributed by atoms with Crippen LogP contribution in [0.3, 0.4) is 0 Å². The molecule has 18 heavy (non-hydrogen) atoms. The summed E-state index contributed by atoms with van der Waals surface area (Å²) in [5.41, 5.74) is 7.00. The van der Waals surface area contributed by atoms with Gasteiger partial charge < -0.3 is 11.1 Å². The van der Waals surface area contributed by atoms with Crippen LogP contribution in [0.1, 0.15) is 23.7 Å². The lowest BCUT2D eigenvalue weighted by Gasteiger charge is -2.12. The van der Waals surface area contributed by atoms with Crippen LogP contribution < -0.4 is 11.1 Å². The Morgan fingerprint density at radius 2 is 2.28 bits per heavy atom. The third-order valence-electron chi connectivity index (χ3n) is 2.84. The zero-order valence-electron chi connectivity index (χ0n) is 10.4. The molecule has 4 heteroatoms. The van der Waals surface area contributed by atoms with Crippen molar-refractivity contribution in [1.82, 2.24) is 10.3 Å². The molecule has 1 heterocycles. The highest BCUT2D eigenvalue weighted by atomic mass is 16.1. The number of hydrogen-bond donors (Lipinski definition) is 2. The minimum atomic E-state index is -0.0679. The summed E-state index contributed by atoms with van der Waals surface area (Å²) in [5.74, 6) is -0.0679. The highest BCUT2D eigenvalue weighted by Crippen LogP contribution is 2.13. The van der Waals surface area contributed by atoms with Gasteiger partial charge in [0.25, 0.3) is 5.91 Å². The Morgan fingerprint density at radius 1 is 1.44 bits per heavy atom. The van der Waals surface area contributed by atoms with E-state index in [1.807, 2.05) is 31.2 Å². The topological polar surface area (TPSA) is 68.0 Å². The van der Waals surface area contributed by atoms with Gasteiger partial charge in [0.2, 0.25) is 0 Å². The molecular formula is C14H17N3O. The first-order valence-electron chi connectivity index (χ1n) is 6.06. The van der Waals surface area contributed by atoms with Crippen LogP contribution in [-0.4, -0.2) is 23.5 Å². The second kappa shape index (κ2) is 5.60. The van der Waals surface area contributed by atoms with E-state index in [1.165, 1.54) is 0 Å². The van der Waals surface area contributed by atoms with E-state index in [-0.39, 0.29) is 11.9 Å². The Labute approximate surface area is 106 Å². The van der Waals surface area contributed by atoms with Crippen LogP contribution in [0.2, 0.25) is 0 Å². The zero-order valence-corrected chi connectivity index (χ0v) is 10.4. The first-order valence-corrected chi connectivity index (χ1v) is 6.06. The SMILES string of the molecule is CC(CCN)NC(=O)c1ccc2ncccc2c1. The largest absolute Gasteiger partial charge is 0.350 e. The lowest BCUT2D eigenvalue weighted by atomic mass is 10.1. The number of aromatic nitrogens is 1. The smallest absolute Gasteiger partial charge is 0.251 e. The number of nitrogens with two attached hydrogens (primary N) is 1. The van der Waals surface area contributed by atoms with Gasteiger partial charge in [-0.25, -0.2) is 0 Å². The van der Waals surface area contributed by atoms with E-state index >= 15 is 0 Å². The monoisotopic (exact) mass is 243 g/mol. The summed E-state index contributed by atoms with van der Waals surface area (Å²) < 4.78 is 0. The molecule has 2 aromatic rings. The number of pyridine rings is 1. The Morgan fingerprint density at radius 3 is 3.06 bits per heavy atom. The second-order valence-corrected chi connectivity index (χ2v) is 4.36. The number of amides is 1. The number of nitrogens with one attached hydrogen (secondary N) is 1. The fourth-order valence-electron chi connectivity index (χ4n) is 1.85. The number of hydrogen-bond acceptors (Lipinski definition) is 3. The van der Waals surface area contributed by atoms with Crippen LogP contribution in [-0.2, 0) is 0 Å². The second-order valence-electron chi connectivity index (χ2n) is 4.36. The molecule has 0 aliphatic rings. The molecule has 0 aliphatic heterocycles. The van der Waals surface area contributed by atoms with E-state index in [1.54, 1.807) is 12.3 Å². The number of fused-ring (bicyclic) bond motifs is 1. The molecule has 0 bridgehead atoms. The summed E-state index contributed by atoms with van der Waals surface area (Å²) >= 11 is 0. The average Bonchev–Trinajstić information content (AvgIpc) is 2.38. The third kappa shape index (κ3) is 2.84. The van der Waals surface area contributed by atoms with E-state index in [9.17, 15) is 4.79 Å². The third-order valence-corrected chi connectivity index (χ3v) is 2.84. The molecule has 0 fully saturated rings. The molecule has 0 saturated carbocycles. The molecule has 1 aromatic heterocycles. The molecule has 0 saturated heterocycles. The van der Waals surface area contributed by atoms with Gasteiger partial charge in [0.1, 0.15) is 0 Å². The standard InChI is InChI=1S/C14H17N3O/c1-10(6-7-15)17-14(18)12-4-5-13-11(9-12)3-2-8-16-13/h2-5,8-10H,6-7,15H2,1H3,(H,17,18). The maximum absolute atomic E-state index is 12.0. The minimum Gasteiger partial charge on any atom is -0.350 e. The van der Waals surface area contributed by atoms with E-state index in [2.05, 4.69) is 10.3 Å². The van der Waals surface area contributed by atoms with Crippen LogP contribution in [0.4, 0.5) is 0 Å². The van der Waals surface area contributed by atoms with Crippen LogP contribution in [0, 0.1) is 0 Å². The molecule has 3 N–H and O–H groups in total. The first kappa shape index (κ1) is 12.5. The molecule has 1 amide bonds. The van der Waals surface area contributed by atoms with Crippen molar-refractivity contribution in [2.45, 2.75) is 19.4 Å². The van der Waals surface area contributed by atoms with Gasteiger partial charge in [-0.3, -0.25) is 9.78 Å². The lowest BCUT2D eigenvalue weighted by molar-refractivity contribution is 0.0939. The zero-order chi connectivity index (χ0) is 13.0. The Balaban J connectivity index is 2.17. The summed E-state index contributed by atoms with van der Waals surface area (Å²) in [5, 5.41) is 3.89. The van der Waals surface area contributed by atoms with Crippen molar-refractivity contribution in [2.75, 3.05) is 6.54 Å². The molecule has 1 aromatic carbocycles. The van der Waals surface area contributed by atoms with Crippen molar-refractivity contribution in [1.29, 1.82) is 0 Å². The molecule has 1 atom stereocenters. The Hall–Kier alpha value is -1.94. The number of benzene rings is 1. The predicted octanol–water partition coefficient (Wildman–Crippen LogP) is 1.70. The van der Waals surface area contributed by atoms with Crippen LogP contribution in [0.15, 0.2) is 36.5 Å². The Bertz CT molecular complexity index is 553. The van der Waals surface area contributed by atoms with Crippen molar-refractivity contribution in [2.24, 2.45) is 5.73 Å². The Kier molecular flexibility index (Phi) is 3.89. The van der Waals surface area contributed by atoms with Crippen LogP contribution in [0.25, 0.3) is 10.9 Å². The average molecular weight is 243 g/mol. The maximum Gasteiger partial charge on any atom is 0.251 e. The highest BCUT2D eigenvalue weighted by molar-refractivity contribution is 5.98. The van der Waals surface area contributed by atoms with E-state index in [0.29, 0.717) is 12.1 Å². The van der Waals surface area contributed by atoms with E-state index in [4.69, 9.17) is 5.73 Å². The highest BCUT2D eigenvalue weighted by Gasteiger charge is 2.09. The van der Waals surface area contributed by atoms with Crippen molar-refractivity contribution in [3.63, 3.8) is 0 Å². The molecule has 0 radical (unpaired) electrons. The molecular weight excluding hydrogens is 226 g/mol. The van der Waals surface area contributed by atoms with Gasteiger partial charge in [0.15, 0.2) is 0 Å². The molecule has 4 nitrogen and oxygen atoms in total. The lowest BCUT2D eigenvalue weighted by Crippen LogP contribution is -2.34. The summed E-state index contributed by atoms with van der Waals surface area (Å²) in [4.78, 5) is 16.2. The first-order chi connectivity index (χ1) is 8.70.